The molecule has 0 spiro atoms. The third-order valence-corrected chi connectivity index (χ3v) is 7.27. The zero-order valence-corrected chi connectivity index (χ0v) is 18.2. The van der Waals surface area contributed by atoms with Crippen molar-refractivity contribution in [3.8, 4) is 11.3 Å². The van der Waals surface area contributed by atoms with Crippen LogP contribution in [0.1, 0.15) is 89.3 Å². The van der Waals surface area contributed by atoms with Gasteiger partial charge in [-0.3, -0.25) is 0 Å². The van der Waals surface area contributed by atoms with Crippen LogP contribution < -0.4 is 0 Å². The van der Waals surface area contributed by atoms with Crippen molar-refractivity contribution >= 4 is 11.6 Å². The summed E-state index contributed by atoms with van der Waals surface area (Å²) in [4.78, 5) is 3.53. The fourth-order valence-corrected chi connectivity index (χ4v) is 4.82. The molecule has 0 unspecified atom stereocenters. The number of nitrogens with one attached hydrogen (secondary N) is 1. The first-order valence-electron chi connectivity index (χ1n) is 10.8. The Bertz CT molecular complexity index is 790. The van der Waals surface area contributed by atoms with Gasteiger partial charge in [0, 0.05) is 6.20 Å². The first kappa shape index (κ1) is 19.1. The van der Waals surface area contributed by atoms with Crippen molar-refractivity contribution in [1.29, 1.82) is 0 Å². The maximum atomic E-state index is 6.65. The van der Waals surface area contributed by atoms with E-state index in [1.807, 2.05) is 6.20 Å². The van der Waals surface area contributed by atoms with E-state index in [1.54, 1.807) is 0 Å². The molecule has 2 aromatic rings. The molecule has 0 saturated heterocycles. The Hall–Kier alpha value is -1.21. The Morgan fingerprint density at radius 1 is 1.07 bits per heavy atom. The van der Waals surface area contributed by atoms with Gasteiger partial charge in [-0.25, -0.2) is 0 Å². The van der Waals surface area contributed by atoms with Gasteiger partial charge >= 0.3 is 0 Å². The van der Waals surface area contributed by atoms with Gasteiger partial charge in [-0.1, -0.05) is 77.5 Å². The predicted octanol–water partition coefficient (Wildman–Crippen LogP) is 7.81. The van der Waals surface area contributed by atoms with Crippen LogP contribution >= 0.6 is 11.6 Å². The highest BCUT2D eigenvalue weighted by Crippen LogP contribution is 2.49. The molecule has 27 heavy (non-hydrogen) atoms. The van der Waals surface area contributed by atoms with E-state index < -0.39 is 0 Å². The Kier molecular flexibility index (Phi) is 4.95. The van der Waals surface area contributed by atoms with E-state index in [2.05, 4.69) is 50.9 Å². The summed E-state index contributed by atoms with van der Waals surface area (Å²) < 4.78 is 0. The quantitative estimate of drug-likeness (QED) is 0.554. The molecular formula is C25H34ClN. The highest BCUT2D eigenvalue weighted by atomic mass is 35.5. The minimum absolute atomic E-state index is 0.149. The lowest BCUT2D eigenvalue weighted by molar-refractivity contribution is 0.357. The summed E-state index contributed by atoms with van der Waals surface area (Å²) in [6, 6.07) is 7.26. The average Bonchev–Trinajstić information content (AvgIpc) is 3.29. The van der Waals surface area contributed by atoms with Crippen LogP contribution in [0.3, 0.4) is 0 Å². The number of aromatic amines is 1. The van der Waals surface area contributed by atoms with E-state index in [1.165, 1.54) is 72.9 Å². The molecule has 0 amide bonds. The molecule has 0 radical (unpaired) electrons. The first-order chi connectivity index (χ1) is 12.8. The summed E-state index contributed by atoms with van der Waals surface area (Å²) in [6.45, 7) is 9.35. The first-order valence-corrected chi connectivity index (χ1v) is 11.2. The van der Waals surface area contributed by atoms with Crippen LogP contribution in [0.4, 0.5) is 0 Å². The van der Waals surface area contributed by atoms with Gasteiger partial charge in [0.05, 0.1) is 10.7 Å². The van der Waals surface area contributed by atoms with Crippen LogP contribution in [0.25, 0.3) is 11.3 Å². The smallest absolute Gasteiger partial charge is 0.0619 e. The lowest BCUT2D eigenvalue weighted by Gasteiger charge is -2.24. The van der Waals surface area contributed by atoms with E-state index in [4.69, 9.17) is 11.6 Å². The molecule has 0 bridgehead atoms. The molecule has 2 heteroatoms. The highest BCUT2D eigenvalue weighted by Gasteiger charge is 2.39. The molecule has 1 aromatic carbocycles. The number of halogens is 1. The van der Waals surface area contributed by atoms with Crippen LogP contribution in [0.2, 0.25) is 5.02 Å². The predicted molar refractivity (Wildman–Crippen MR) is 117 cm³/mol. The molecule has 2 aliphatic carbocycles. The van der Waals surface area contributed by atoms with E-state index >= 15 is 0 Å². The minimum atomic E-state index is 0.149. The Morgan fingerprint density at radius 3 is 2.41 bits per heavy atom. The molecule has 0 aliphatic heterocycles. The molecule has 146 valence electrons. The van der Waals surface area contributed by atoms with Crippen molar-refractivity contribution in [3.63, 3.8) is 0 Å². The molecule has 1 N–H and O–H groups in total. The standard InChI is InChI=1S/C25H34ClN/c1-24(2,3)19-13-18(14-20(15-19)25(4)10-11-25)23-21(22(26)16-27-23)12-17-8-6-5-7-9-17/h13-17,27H,5-12H2,1-4H3. The second-order valence-electron chi connectivity index (χ2n) is 10.3. The minimum Gasteiger partial charge on any atom is -0.360 e. The molecule has 1 heterocycles. The van der Waals surface area contributed by atoms with Gasteiger partial charge in [0.1, 0.15) is 0 Å². The van der Waals surface area contributed by atoms with E-state index in [0.29, 0.717) is 5.41 Å². The molecule has 1 nitrogen and oxygen atoms in total. The van der Waals surface area contributed by atoms with Crippen molar-refractivity contribution < 1.29 is 0 Å². The Balaban J connectivity index is 1.74. The summed E-state index contributed by atoms with van der Waals surface area (Å²) in [6.07, 6.45) is 12.6. The van der Waals surface area contributed by atoms with Gasteiger partial charge in [0.25, 0.3) is 0 Å². The lowest BCUT2D eigenvalue weighted by Crippen LogP contribution is -2.14. The number of benzene rings is 1. The van der Waals surface area contributed by atoms with Gasteiger partial charge in [-0.05, 0) is 70.4 Å². The molecule has 2 aliphatic rings. The largest absolute Gasteiger partial charge is 0.360 e. The van der Waals surface area contributed by atoms with Crippen LogP contribution in [0, 0.1) is 5.92 Å². The van der Waals surface area contributed by atoms with Gasteiger partial charge in [0.15, 0.2) is 0 Å². The lowest BCUT2D eigenvalue weighted by atomic mass is 9.81. The van der Waals surface area contributed by atoms with Gasteiger partial charge < -0.3 is 4.98 Å². The topological polar surface area (TPSA) is 15.8 Å². The van der Waals surface area contributed by atoms with Gasteiger partial charge in [0.2, 0.25) is 0 Å². The van der Waals surface area contributed by atoms with E-state index in [9.17, 15) is 0 Å². The fourth-order valence-electron chi connectivity index (χ4n) is 4.60. The van der Waals surface area contributed by atoms with Crippen molar-refractivity contribution in [3.05, 3.63) is 46.1 Å². The number of H-pyrrole nitrogens is 1. The van der Waals surface area contributed by atoms with E-state index in [-0.39, 0.29) is 5.41 Å². The number of hydrogen-bond donors (Lipinski definition) is 1. The fraction of sp³-hybridized carbons (Fsp3) is 0.600. The van der Waals surface area contributed by atoms with Gasteiger partial charge in [-0.2, -0.15) is 0 Å². The van der Waals surface area contributed by atoms with Crippen LogP contribution in [0.15, 0.2) is 24.4 Å². The molecule has 4 rings (SSSR count). The third-order valence-electron chi connectivity index (χ3n) is 6.94. The van der Waals surface area contributed by atoms with Crippen LogP contribution in [-0.4, -0.2) is 4.98 Å². The third kappa shape index (κ3) is 3.99. The normalized spacial score (nSPS) is 20.0. The second kappa shape index (κ2) is 6.99. The maximum absolute atomic E-state index is 6.65. The van der Waals surface area contributed by atoms with Crippen molar-refractivity contribution in [2.75, 3.05) is 0 Å². The summed E-state index contributed by atoms with van der Waals surface area (Å²) in [7, 11) is 0. The maximum Gasteiger partial charge on any atom is 0.0619 e. The SMILES string of the molecule is CC(C)(C)c1cc(-c2[nH]cc(Cl)c2CC2CCCCC2)cc(C2(C)CC2)c1. The second-order valence-corrected chi connectivity index (χ2v) is 10.7. The summed E-state index contributed by atoms with van der Waals surface area (Å²) in [5, 5.41) is 0.913. The number of rotatable bonds is 4. The average molecular weight is 384 g/mol. The van der Waals surface area contributed by atoms with Crippen molar-refractivity contribution in [1.82, 2.24) is 4.98 Å². The summed E-state index contributed by atoms with van der Waals surface area (Å²) >= 11 is 6.65. The summed E-state index contributed by atoms with van der Waals surface area (Å²) in [5.41, 5.74) is 7.36. The van der Waals surface area contributed by atoms with Crippen LogP contribution in [0.5, 0.6) is 0 Å². The summed E-state index contributed by atoms with van der Waals surface area (Å²) in [5.74, 6) is 0.789. The molecular weight excluding hydrogens is 350 g/mol. The van der Waals surface area contributed by atoms with Crippen LogP contribution in [-0.2, 0) is 17.3 Å². The Morgan fingerprint density at radius 2 is 1.78 bits per heavy atom. The molecule has 2 fully saturated rings. The van der Waals surface area contributed by atoms with Gasteiger partial charge in [-0.15, -0.1) is 0 Å². The van der Waals surface area contributed by atoms with Crippen molar-refractivity contribution in [2.24, 2.45) is 5.92 Å². The molecule has 2 saturated carbocycles. The number of hydrogen-bond acceptors (Lipinski definition) is 0. The van der Waals surface area contributed by atoms with E-state index in [0.717, 1.165) is 17.4 Å². The monoisotopic (exact) mass is 383 g/mol. The molecule has 0 atom stereocenters. The Labute approximate surface area is 169 Å². The van der Waals surface area contributed by atoms with Crippen molar-refractivity contribution in [2.45, 2.75) is 89.9 Å². The molecule has 1 aromatic heterocycles. The highest BCUT2D eigenvalue weighted by molar-refractivity contribution is 6.31. The zero-order valence-electron chi connectivity index (χ0n) is 17.4. The number of aromatic nitrogens is 1. The zero-order chi connectivity index (χ0) is 19.2.